The summed E-state index contributed by atoms with van der Waals surface area (Å²) in [6.45, 7) is 0. The first-order chi connectivity index (χ1) is 7.39. The molecule has 2 rings (SSSR count). The number of halogens is 4. The van der Waals surface area contributed by atoms with Gasteiger partial charge in [0.2, 0.25) is 0 Å². The molecule has 1 aliphatic carbocycles. The van der Waals surface area contributed by atoms with Gasteiger partial charge in [0.1, 0.15) is 5.82 Å². The smallest absolute Gasteiger partial charge is 0.324 e. The zero-order valence-corrected chi connectivity index (χ0v) is 8.39. The van der Waals surface area contributed by atoms with Gasteiger partial charge in [-0.1, -0.05) is 6.07 Å². The molecule has 1 aliphatic rings. The Morgan fingerprint density at radius 3 is 2.31 bits per heavy atom. The summed E-state index contributed by atoms with van der Waals surface area (Å²) in [5.74, 6) is -0.961. The normalized spacial score (nSPS) is 18.6. The van der Waals surface area contributed by atoms with E-state index in [-0.39, 0.29) is 12.0 Å². The Morgan fingerprint density at radius 1 is 1.25 bits per heavy atom. The van der Waals surface area contributed by atoms with E-state index in [0.29, 0.717) is 5.56 Å². The quantitative estimate of drug-likeness (QED) is 0.779. The molecule has 1 saturated carbocycles. The lowest BCUT2D eigenvalue weighted by molar-refractivity contribution is -0.140. The van der Waals surface area contributed by atoms with Crippen molar-refractivity contribution in [2.75, 3.05) is 0 Å². The molecule has 88 valence electrons. The molecule has 0 radical (unpaired) electrons. The highest BCUT2D eigenvalue weighted by Gasteiger charge is 2.35. The average Bonchev–Trinajstić information content (AvgIpc) is 2.97. The average molecular weight is 233 g/mol. The number of hydrogen-bond donors (Lipinski definition) is 1. The lowest BCUT2D eigenvalue weighted by Gasteiger charge is -2.13. The van der Waals surface area contributed by atoms with Gasteiger partial charge < -0.3 is 5.73 Å². The van der Waals surface area contributed by atoms with Crippen LogP contribution in [0.4, 0.5) is 17.6 Å². The standard InChI is InChI=1S/C11H11F4N/c12-9-5-7(10(16)6-1-2-6)3-4-8(9)11(13,14)15/h3-6,10H,1-2,16H2/t10-/m1/s1. The maximum absolute atomic E-state index is 13.2. The summed E-state index contributed by atoms with van der Waals surface area (Å²) in [6, 6.07) is 2.56. The van der Waals surface area contributed by atoms with Crippen molar-refractivity contribution in [3.63, 3.8) is 0 Å². The number of rotatable bonds is 2. The van der Waals surface area contributed by atoms with Crippen LogP contribution in [-0.4, -0.2) is 0 Å². The second-order valence-electron chi connectivity index (χ2n) is 4.10. The minimum absolute atomic E-state index is 0.288. The van der Waals surface area contributed by atoms with Crippen LogP contribution in [0.2, 0.25) is 0 Å². The fourth-order valence-electron chi connectivity index (χ4n) is 1.70. The van der Waals surface area contributed by atoms with Gasteiger partial charge in [-0.05, 0) is 36.5 Å². The van der Waals surface area contributed by atoms with Crippen LogP contribution in [0.25, 0.3) is 0 Å². The second-order valence-corrected chi connectivity index (χ2v) is 4.10. The first kappa shape index (κ1) is 11.4. The third kappa shape index (κ3) is 2.19. The topological polar surface area (TPSA) is 26.0 Å². The molecule has 1 atom stereocenters. The Morgan fingerprint density at radius 2 is 1.88 bits per heavy atom. The van der Waals surface area contributed by atoms with Gasteiger partial charge in [0.15, 0.2) is 0 Å². The van der Waals surface area contributed by atoms with Crippen LogP contribution in [-0.2, 0) is 6.18 Å². The van der Waals surface area contributed by atoms with E-state index >= 15 is 0 Å². The molecule has 0 heterocycles. The first-order valence-corrected chi connectivity index (χ1v) is 5.02. The SMILES string of the molecule is N[C@@H](c1ccc(C(F)(F)F)c(F)c1)C1CC1. The minimum Gasteiger partial charge on any atom is -0.324 e. The van der Waals surface area contributed by atoms with E-state index in [1.54, 1.807) is 0 Å². The van der Waals surface area contributed by atoms with Crippen molar-refractivity contribution in [1.29, 1.82) is 0 Å². The lowest BCUT2D eigenvalue weighted by Crippen LogP contribution is -2.14. The van der Waals surface area contributed by atoms with Gasteiger partial charge in [-0.3, -0.25) is 0 Å². The van der Waals surface area contributed by atoms with Gasteiger partial charge in [-0.25, -0.2) is 4.39 Å². The fraction of sp³-hybridized carbons (Fsp3) is 0.455. The van der Waals surface area contributed by atoms with Crippen LogP contribution in [0, 0.1) is 11.7 Å². The van der Waals surface area contributed by atoms with Crippen molar-refractivity contribution < 1.29 is 17.6 Å². The van der Waals surface area contributed by atoms with Crippen molar-refractivity contribution in [2.24, 2.45) is 11.7 Å². The molecule has 1 nitrogen and oxygen atoms in total. The summed E-state index contributed by atoms with van der Waals surface area (Å²) < 4.78 is 50.1. The monoisotopic (exact) mass is 233 g/mol. The number of alkyl halides is 3. The molecule has 0 aromatic heterocycles. The summed E-state index contributed by atoms with van der Waals surface area (Å²) in [5.41, 5.74) is 4.98. The van der Waals surface area contributed by atoms with Crippen LogP contribution in [0.3, 0.4) is 0 Å². The largest absolute Gasteiger partial charge is 0.419 e. The van der Waals surface area contributed by atoms with E-state index in [1.165, 1.54) is 6.07 Å². The molecule has 1 aromatic rings. The van der Waals surface area contributed by atoms with Gasteiger partial charge in [-0.2, -0.15) is 13.2 Å². The molecule has 5 heteroatoms. The first-order valence-electron chi connectivity index (χ1n) is 5.02. The van der Waals surface area contributed by atoms with Crippen LogP contribution >= 0.6 is 0 Å². The molecule has 16 heavy (non-hydrogen) atoms. The van der Waals surface area contributed by atoms with Crippen LogP contribution < -0.4 is 5.73 Å². The third-order valence-corrected chi connectivity index (χ3v) is 2.81. The maximum Gasteiger partial charge on any atom is 0.419 e. The zero-order valence-electron chi connectivity index (χ0n) is 8.39. The van der Waals surface area contributed by atoms with Gasteiger partial charge in [0.05, 0.1) is 5.56 Å². The van der Waals surface area contributed by atoms with Crippen molar-refractivity contribution in [1.82, 2.24) is 0 Å². The van der Waals surface area contributed by atoms with E-state index in [9.17, 15) is 17.6 Å². The van der Waals surface area contributed by atoms with Crippen molar-refractivity contribution in [2.45, 2.75) is 25.1 Å². The minimum atomic E-state index is -4.65. The van der Waals surface area contributed by atoms with Crippen molar-refractivity contribution in [3.8, 4) is 0 Å². The molecule has 0 unspecified atom stereocenters. The lowest BCUT2D eigenvalue weighted by atomic mass is 10.0. The molecule has 1 aromatic carbocycles. The predicted molar refractivity (Wildman–Crippen MR) is 51.1 cm³/mol. The maximum atomic E-state index is 13.2. The molecular weight excluding hydrogens is 222 g/mol. The van der Waals surface area contributed by atoms with E-state index in [1.807, 2.05) is 0 Å². The predicted octanol–water partition coefficient (Wildman–Crippen LogP) is 3.25. The third-order valence-electron chi connectivity index (χ3n) is 2.81. The Kier molecular flexibility index (Phi) is 2.66. The fourth-order valence-corrected chi connectivity index (χ4v) is 1.70. The van der Waals surface area contributed by atoms with E-state index < -0.39 is 17.6 Å². The summed E-state index contributed by atoms with van der Waals surface area (Å²) in [5, 5.41) is 0. The van der Waals surface area contributed by atoms with E-state index in [0.717, 1.165) is 25.0 Å². The summed E-state index contributed by atoms with van der Waals surface area (Å²) in [7, 11) is 0. The Bertz CT molecular complexity index is 395. The molecule has 0 saturated heterocycles. The van der Waals surface area contributed by atoms with Gasteiger partial charge in [0.25, 0.3) is 0 Å². The Labute approximate surface area is 90.3 Å². The van der Waals surface area contributed by atoms with E-state index in [2.05, 4.69) is 0 Å². The Hall–Kier alpha value is -1.10. The molecule has 0 aliphatic heterocycles. The molecule has 1 fully saturated rings. The molecule has 0 bridgehead atoms. The highest BCUT2D eigenvalue weighted by Crippen LogP contribution is 2.40. The second kappa shape index (κ2) is 3.73. The number of hydrogen-bond acceptors (Lipinski definition) is 1. The van der Waals surface area contributed by atoms with Gasteiger partial charge in [-0.15, -0.1) is 0 Å². The number of nitrogens with two attached hydrogens (primary N) is 1. The molecule has 0 amide bonds. The highest BCUT2D eigenvalue weighted by atomic mass is 19.4. The van der Waals surface area contributed by atoms with Crippen LogP contribution in [0.15, 0.2) is 18.2 Å². The van der Waals surface area contributed by atoms with Crippen LogP contribution in [0.5, 0.6) is 0 Å². The molecular formula is C11H11F4N. The summed E-state index contributed by atoms with van der Waals surface area (Å²) in [4.78, 5) is 0. The Balaban J connectivity index is 2.28. The zero-order chi connectivity index (χ0) is 11.9. The van der Waals surface area contributed by atoms with Gasteiger partial charge in [0, 0.05) is 6.04 Å². The van der Waals surface area contributed by atoms with Crippen LogP contribution in [0.1, 0.15) is 30.0 Å². The van der Waals surface area contributed by atoms with Crippen molar-refractivity contribution >= 4 is 0 Å². The number of benzene rings is 1. The van der Waals surface area contributed by atoms with Gasteiger partial charge >= 0.3 is 6.18 Å². The summed E-state index contributed by atoms with van der Waals surface area (Å²) in [6.07, 6.45) is -2.72. The van der Waals surface area contributed by atoms with E-state index in [4.69, 9.17) is 5.73 Å². The summed E-state index contributed by atoms with van der Waals surface area (Å²) >= 11 is 0. The highest BCUT2D eigenvalue weighted by molar-refractivity contribution is 5.29. The molecule has 0 spiro atoms. The van der Waals surface area contributed by atoms with Crippen molar-refractivity contribution in [3.05, 3.63) is 35.1 Å². The molecule has 2 N–H and O–H groups in total.